The number of aromatic nitrogens is 1. The number of hydrogen-bond acceptors (Lipinski definition) is 3. The van der Waals surface area contributed by atoms with E-state index in [1.165, 1.54) is 0 Å². The van der Waals surface area contributed by atoms with Gasteiger partial charge in [-0.1, -0.05) is 0 Å². The maximum Gasteiger partial charge on any atom is 0.272 e. The number of rotatable bonds is 3. The first-order chi connectivity index (χ1) is 9.70. The van der Waals surface area contributed by atoms with Crippen LogP contribution in [0.3, 0.4) is 0 Å². The fraction of sp³-hybridized carbons (Fsp3) is 0.154. The largest absolute Gasteiger partial charge is 0.344 e. The Labute approximate surface area is 121 Å². The van der Waals surface area contributed by atoms with Crippen LogP contribution in [0.4, 0.5) is 10.1 Å². The number of amides is 1. The van der Waals surface area contributed by atoms with Crippen LogP contribution in [0.15, 0.2) is 35.2 Å². The highest BCUT2D eigenvalue weighted by atomic mass is 32.2. The summed E-state index contributed by atoms with van der Waals surface area (Å²) in [5.74, 6) is -1.37. The van der Waals surface area contributed by atoms with Crippen molar-refractivity contribution in [2.45, 2.75) is 11.8 Å². The molecule has 0 fully saturated rings. The summed E-state index contributed by atoms with van der Waals surface area (Å²) in [6, 6.07) is 6.42. The van der Waals surface area contributed by atoms with Gasteiger partial charge < -0.3 is 9.88 Å². The minimum atomic E-state index is -3.98. The van der Waals surface area contributed by atoms with Gasteiger partial charge in [-0.3, -0.25) is 4.79 Å². The first-order valence-electron chi connectivity index (χ1n) is 5.96. The molecule has 21 heavy (non-hydrogen) atoms. The van der Waals surface area contributed by atoms with E-state index in [9.17, 15) is 17.6 Å². The van der Waals surface area contributed by atoms with Gasteiger partial charge in [0.2, 0.25) is 10.0 Å². The van der Waals surface area contributed by atoms with Crippen molar-refractivity contribution < 1.29 is 17.6 Å². The molecule has 0 aliphatic heterocycles. The Bertz CT molecular complexity index is 812. The van der Waals surface area contributed by atoms with E-state index in [2.05, 4.69) is 5.32 Å². The summed E-state index contributed by atoms with van der Waals surface area (Å²) in [6.45, 7) is 1.83. The number of carbonyl (C=O) groups excluding carboxylic acids is 1. The van der Waals surface area contributed by atoms with Crippen LogP contribution in [0.1, 0.15) is 16.2 Å². The number of nitrogens with two attached hydrogens (primary N) is 1. The Morgan fingerprint density at radius 2 is 1.95 bits per heavy atom. The van der Waals surface area contributed by atoms with Gasteiger partial charge in [0.15, 0.2) is 0 Å². The van der Waals surface area contributed by atoms with Crippen LogP contribution in [-0.4, -0.2) is 18.9 Å². The molecule has 0 bridgehead atoms. The number of sulfonamides is 1. The van der Waals surface area contributed by atoms with Gasteiger partial charge in [-0.25, -0.2) is 17.9 Å². The van der Waals surface area contributed by atoms with Crippen LogP contribution in [0, 0.1) is 12.7 Å². The second kappa shape index (κ2) is 5.30. The predicted molar refractivity (Wildman–Crippen MR) is 75.9 cm³/mol. The van der Waals surface area contributed by atoms with Gasteiger partial charge in [-0.2, -0.15) is 0 Å². The maximum atomic E-state index is 13.8. The molecule has 0 radical (unpaired) electrons. The fourth-order valence-electron chi connectivity index (χ4n) is 1.80. The van der Waals surface area contributed by atoms with Crippen molar-refractivity contribution in [3.63, 3.8) is 0 Å². The lowest BCUT2D eigenvalue weighted by atomic mass is 10.3. The zero-order chi connectivity index (χ0) is 15.8. The van der Waals surface area contributed by atoms with Crippen molar-refractivity contribution in [1.82, 2.24) is 4.57 Å². The molecule has 0 unspecified atom stereocenters. The molecule has 2 rings (SSSR count). The standard InChI is InChI=1S/C13H14FN3O3S/c1-8-3-6-12(17(8)2)13(18)16-11-5-4-9(7-10(11)14)21(15,19)20/h3-7H,1-2H3,(H,16,18)(H2,15,19,20). The highest BCUT2D eigenvalue weighted by molar-refractivity contribution is 7.89. The Balaban J connectivity index is 2.28. The van der Waals surface area contributed by atoms with E-state index in [-0.39, 0.29) is 10.6 Å². The lowest BCUT2D eigenvalue weighted by Crippen LogP contribution is -2.17. The van der Waals surface area contributed by atoms with E-state index in [1.54, 1.807) is 23.7 Å². The molecule has 1 aromatic carbocycles. The third kappa shape index (κ3) is 3.11. The molecule has 6 nitrogen and oxygen atoms in total. The highest BCUT2D eigenvalue weighted by Crippen LogP contribution is 2.19. The topological polar surface area (TPSA) is 94.2 Å². The van der Waals surface area contributed by atoms with Gasteiger partial charge in [0, 0.05) is 12.7 Å². The third-order valence-corrected chi connectivity index (χ3v) is 4.03. The van der Waals surface area contributed by atoms with E-state index in [4.69, 9.17) is 5.14 Å². The summed E-state index contributed by atoms with van der Waals surface area (Å²) >= 11 is 0. The minimum Gasteiger partial charge on any atom is -0.344 e. The Kier molecular flexibility index (Phi) is 3.84. The van der Waals surface area contributed by atoms with Gasteiger partial charge in [0.25, 0.3) is 5.91 Å². The van der Waals surface area contributed by atoms with E-state index in [1.807, 2.05) is 6.92 Å². The zero-order valence-corrected chi connectivity index (χ0v) is 12.2. The maximum absolute atomic E-state index is 13.8. The molecule has 0 aliphatic carbocycles. The summed E-state index contributed by atoms with van der Waals surface area (Å²) in [6.07, 6.45) is 0. The number of anilines is 1. The molecule has 1 heterocycles. The molecular formula is C13H14FN3O3S. The number of nitrogens with zero attached hydrogens (tertiary/aromatic N) is 1. The van der Waals surface area contributed by atoms with E-state index < -0.39 is 21.7 Å². The Morgan fingerprint density at radius 3 is 2.43 bits per heavy atom. The summed E-state index contributed by atoms with van der Waals surface area (Å²) in [5, 5.41) is 7.29. The predicted octanol–water partition coefficient (Wildman–Crippen LogP) is 1.37. The third-order valence-electron chi connectivity index (χ3n) is 3.12. The molecule has 1 amide bonds. The van der Waals surface area contributed by atoms with Crippen LogP contribution in [0.5, 0.6) is 0 Å². The number of nitrogens with one attached hydrogen (secondary N) is 1. The molecule has 112 valence electrons. The lowest BCUT2D eigenvalue weighted by Gasteiger charge is -2.09. The number of hydrogen-bond donors (Lipinski definition) is 2. The summed E-state index contributed by atoms with van der Waals surface area (Å²) in [5.41, 5.74) is 1.12. The first-order valence-corrected chi connectivity index (χ1v) is 7.51. The Morgan fingerprint density at radius 1 is 1.29 bits per heavy atom. The van der Waals surface area contributed by atoms with Crippen LogP contribution in [-0.2, 0) is 17.1 Å². The second-order valence-electron chi connectivity index (χ2n) is 4.56. The smallest absolute Gasteiger partial charge is 0.272 e. The SMILES string of the molecule is Cc1ccc(C(=O)Nc2ccc(S(N)(=O)=O)cc2F)n1C. The number of aryl methyl sites for hydroxylation is 1. The average molecular weight is 311 g/mol. The molecular weight excluding hydrogens is 297 g/mol. The van der Waals surface area contributed by atoms with Crippen LogP contribution >= 0.6 is 0 Å². The van der Waals surface area contributed by atoms with Crippen molar-refractivity contribution in [3.05, 3.63) is 47.5 Å². The van der Waals surface area contributed by atoms with Gasteiger partial charge in [0.1, 0.15) is 11.5 Å². The summed E-state index contributed by atoms with van der Waals surface area (Å²) in [7, 11) is -2.27. The molecule has 0 saturated heterocycles. The number of benzene rings is 1. The van der Waals surface area contributed by atoms with Crippen molar-refractivity contribution in [2.24, 2.45) is 12.2 Å². The molecule has 2 aromatic rings. The lowest BCUT2D eigenvalue weighted by molar-refractivity contribution is 0.101. The van der Waals surface area contributed by atoms with Crippen LogP contribution in [0.2, 0.25) is 0 Å². The quantitative estimate of drug-likeness (QED) is 0.896. The summed E-state index contributed by atoms with van der Waals surface area (Å²) in [4.78, 5) is 11.7. The monoisotopic (exact) mass is 311 g/mol. The van der Waals surface area contributed by atoms with Gasteiger partial charge >= 0.3 is 0 Å². The highest BCUT2D eigenvalue weighted by Gasteiger charge is 2.15. The Hall–Kier alpha value is -2.19. The minimum absolute atomic E-state index is 0.119. The van der Waals surface area contributed by atoms with Gasteiger partial charge in [-0.15, -0.1) is 0 Å². The molecule has 0 aliphatic rings. The fourth-order valence-corrected chi connectivity index (χ4v) is 2.33. The van der Waals surface area contributed by atoms with Crippen molar-refractivity contribution in [3.8, 4) is 0 Å². The molecule has 8 heteroatoms. The number of halogens is 1. The zero-order valence-electron chi connectivity index (χ0n) is 11.4. The second-order valence-corrected chi connectivity index (χ2v) is 6.12. The van der Waals surface area contributed by atoms with Crippen molar-refractivity contribution >= 4 is 21.6 Å². The van der Waals surface area contributed by atoms with Crippen LogP contribution in [0.25, 0.3) is 0 Å². The van der Waals surface area contributed by atoms with E-state index in [0.29, 0.717) is 5.69 Å². The first kappa shape index (κ1) is 15.2. The molecule has 3 N–H and O–H groups in total. The average Bonchev–Trinajstić information content (AvgIpc) is 2.71. The number of carbonyl (C=O) groups is 1. The summed E-state index contributed by atoms with van der Waals surface area (Å²) < 4.78 is 37.7. The van der Waals surface area contributed by atoms with Crippen molar-refractivity contribution in [2.75, 3.05) is 5.32 Å². The molecule has 0 atom stereocenters. The molecule has 0 saturated carbocycles. The molecule has 1 aromatic heterocycles. The van der Waals surface area contributed by atoms with Crippen LogP contribution < -0.4 is 10.5 Å². The normalized spacial score (nSPS) is 11.4. The van der Waals surface area contributed by atoms with Gasteiger partial charge in [0.05, 0.1) is 10.6 Å². The van der Waals surface area contributed by atoms with Crippen molar-refractivity contribution in [1.29, 1.82) is 0 Å². The number of primary sulfonamides is 1. The van der Waals surface area contributed by atoms with E-state index >= 15 is 0 Å². The van der Waals surface area contributed by atoms with E-state index in [0.717, 1.165) is 23.9 Å². The molecule has 0 spiro atoms. The van der Waals surface area contributed by atoms with Gasteiger partial charge in [-0.05, 0) is 37.3 Å².